The lowest BCUT2D eigenvalue weighted by atomic mass is 9.80. The summed E-state index contributed by atoms with van der Waals surface area (Å²) in [7, 11) is 0. The van der Waals surface area contributed by atoms with Crippen LogP contribution in [0.25, 0.3) is 0 Å². The number of hydrogen-bond acceptors (Lipinski definition) is 9. The van der Waals surface area contributed by atoms with E-state index in [-0.39, 0.29) is 36.9 Å². The highest BCUT2D eigenvalue weighted by atomic mass is 16.6. The van der Waals surface area contributed by atoms with Gasteiger partial charge in [0.15, 0.2) is 0 Å². The summed E-state index contributed by atoms with van der Waals surface area (Å²) < 4.78 is 11.1. The summed E-state index contributed by atoms with van der Waals surface area (Å²) >= 11 is 0. The molecule has 14 heteroatoms. The molecule has 14 nitrogen and oxygen atoms in total. The van der Waals surface area contributed by atoms with Crippen LogP contribution in [-0.2, 0) is 30.3 Å². The van der Waals surface area contributed by atoms with Gasteiger partial charge in [0.2, 0.25) is 17.7 Å². The van der Waals surface area contributed by atoms with Crippen molar-refractivity contribution in [2.45, 2.75) is 155 Å². The number of nitrogens with two attached hydrogens (primary N) is 1. The number of hydroxylamine groups is 2. The predicted molar refractivity (Wildman–Crippen MR) is 210 cm³/mol. The van der Waals surface area contributed by atoms with Gasteiger partial charge in [0.25, 0.3) is 0 Å². The highest BCUT2D eigenvalue weighted by molar-refractivity contribution is 5.93. The molecule has 2 aliphatic rings. The van der Waals surface area contributed by atoms with Crippen LogP contribution in [0.5, 0.6) is 0 Å². The van der Waals surface area contributed by atoms with Gasteiger partial charge in [-0.15, -0.1) is 0 Å². The van der Waals surface area contributed by atoms with Crippen LogP contribution in [-0.4, -0.2) is 99.1 Å². The maximum absolute atomic E-state index is 14.3. The molecular weight excluding hydrogens is 704 g/mol. The Labute approximate surface area is 327 Å². The third-order valence-electron chi connectivity index (χ3n) is 9.93. The van der Waals surface area contributed by atoms with Crippen LogP contribution in [0, 0.1) is 11.8 Å². The number of rotatable bonds is 16. The van der Waals surface area contributed by atoms with Gasteiger partial charge in [0, 0.05) is 37.0 Å². The fourth-order valence-electron chi connectivity index (χ4n) is 7.55. The second kappa shape index (κ2) is 19.6. The third-order valence-corrected chi connectivity index (χ3v) is 9.93. The molecule has 0 aliphatic carbocycles. The Kier molecular flexibility index (Phi) is 16.1. The molecule has 0 radical (unpaired) electrons. The molecule has 3 rings (SSSR count). The number of hydrogen-bond donors (Lipinski definition) is 5. The molecule has 1 aromatic rings. The number of likely N-dealkylation sites (tertiary alicyclic amines) is 1. The average Bonchev–Trinajstić information content (AvgIpc) is 3.56. The lowest BCUT2D eigenvalue weighted by Crippen LogP contribution is -2.60. The van der Waals surface area contributed by atoms with E-state index in [4.69, 9.17) is 15.2 Å². The van der Waals surface area contributed by atoms with Crippen molar-refractivity contribution in [2.24, 2.45) is 17.6 Å². The van der Waals surface area contributed by atoms with E-state index in [1.165, 1.54) is 5.06 Å². The van der Waals surface area contributed by atoms with Crippen molar-refractivity contribution in [1.29, 1.82) is 0 Å². The van der Waals surface area contributed by atoms with Crippen LogP contribution in [0.2, 0.25) is 0 Å². The van der Waals surface area contributed by atoms with Gasteiger partial charge < -0.3 is 41.3 Å². The Balaban J connectivity index is 1.64. The van der Waals surface area contributed by atoms with Crippen molar-refractivity contribution in [3.8, 4) is 0 Å². The van der Waals surface area contributed by atoms with Crippen LogP contribution in [0.15, 0.2) is 42.5 Å². The molecule has 1 aromatic carbocycles. The van der Waals surface area contributed by atoms with E-state index < -0.39 is 58.7 Å². The number of benzene rings is 1. The monoisotopic (exact) mass is 770 g/mol. The predicted octanol–water partition coefficient (Wildman–Crippen LogP) is 5.22. The first-order valence-electron chi connectivity index (χ1n) is 19.6. The Morgan fingerprint density at radius 1 is 0.982 bits per heavy atom. The number of carbonyl (C=O) groups is 5. The molecule has 0 spiro atoms. The van der Waals surface area contributed by atoms with E-state index >= 15 is 0 Å². The molecule has 0 aromatic heterocycles. The largest absolute Gasteiger partial charge is 0.446 e. The molecule has 0 unspecified atom stereocenters. The molecule has 55 heavy (non-hydrogen) atoms. The van der Waals surface area contributed by atoms with Gasteiger partial charge in [-0.2, -0.15) is 5.06 Å². The number of nitrogens with one attached hydrogen (secondary N) is 3. The molecule has 2 heterocycles. The summed E-state index contributed by atoms with van der Waals surface area (Å²) in [6, 6.07) is 7.42. The second-order valence-corrected chi connectivity index (χ2v) is 17.7. The first kappa shape index (κ1) is 45.2. The smallest absolute Gasteiger partial charge is 0.408 e. The zero-order chi connectivity index (χ0) is 41.1. The van der Waals surface area contributed by atoms with Crippen molar-refractivity contribution in [3.05, 3.63) is 48.0 Å². The standard InChI is InChI=1S/C41H66N6O8/c1-27(2)23-30(44-38(52)55-39(3,4)5)20-19-29(24-28-15-11-10-12-16-28)36(50)46-22-14-18-33(46)35(49)45-32(34(42)48)17-13-21-43-37(51)54-31-25-40(6,7)47(53)41(8,9)26-31/h10-12,15-16,19-20,27,29-33,53H,13-14,17-18,21-26H2,1-9H3,(H2,42,48)(H,43,51)(H,44,52)(H,45,49)/b20-19+/t29-,30-,32+,33+/m1/s1. The Bertz CT molecular complexity index is 1470. The molecule has 308 valence electrons. The molecule has 2 fully saturated rings. The molecule has 2 saturated heterocycles. The zero-order valence-electron chi connectivity index (χ0n) is 34.4. The van der Waals surface area contributed by atoms with Crippen molar-refractivity contribution < 1.29 is 38.7 Å². The summed E-state index contributed by atoms with van der Waals surface area (Å²) in [4.78, 5) is 67.2. The molecule has 2 aliphatic heterocycles. The van der Waals surface area contributed by atoms with E-state index in [1.807, 2.05) is 84.0 Å². The Morgan fingerprint density at radius 3 is 2.20 bits per heavy atom. The minimum atomic E-state index is -1.01. The second-order valence-electron chi connectivity index (χ2n) is 17.7. The number of ether oxygens (including phenoxy) is 2. The number of alkyl carbamates (subject to hydrolysis) is 2. The first-order valence-corrected chi connectivity index (χ1v) is 19.6. The van der Waals surface area contributed by atoms with Crippen molar-refractivity contribution in [3.63, 3.8) is 0 Å². The van der Waals surface area contributed by atoms with Crippen LogP contribution >= 0.6 is 0 Å². The van der Waals surface area contributed by atoms with E-state index in [0.717, 1.165) is 5.56 Å². The van der Waals surface area contributed by atoms with E-state index in [1.54, 1.807) is 25.7 Å². The summed E-state index contributed by atoms with van der Waals surface area (Å²) in [5.74, 6) is -1.79. The highest BCUT2D eigenvalue weighted by Gasteiger charge is 2.46. The SMILES string of the molecule is CC(C)C[C@@H](/C=C/[C@H](Cc1ccccc1)C(=O)N1CCC[C@H]1C(=O)N[C@@H](CCCNC(=O)OC1CC(C)(C)N(O)C(C)(C)C1)C(N)=O)NC(=O)OC(C)(C)C. The summed E-state index contributed by atoms with van der Waals surface area (Å²) in [6.07, 6.45) is 5.61. The Morgan fingerprint density at radius 2 is 1.62 bits per heavy atom. The lowest BCUT2D eigenvalue weighted by molar-refractivity contribution is -0.256. The lowest BCUT2D eigenvalue weighted by Gasteiger charge is -2.50. The van der Waals surface area contributed by atoms with Gasteiger partial charge in [-0.05, 0) is 98.5 Å². The molecule has 0 saturated carbocycles. The molecule has 4 atom stereocenters. The van der Waals surface area contributed by atoms with Gasteiger partial charge in [-0.3, -0.25) is 14.4 Å². The van der Waals surface area contributed by atoms with E-state index in [9.17, 15) is 29.2 Å². The first-order chi connectivity index (χ1) is 25.6. The quantitative estimate of drug-likeness (QED) is 0.111. The molecule has 0 bridgehead atoms. The van der Waals surface area contributed by atoms with Gasteiger partial charge in [-0.25, -0.2) is 9.59 Å². The average molecular weight is 771 g/mol. The number of primary amides is 1. The number of amides is 5. The third kappa shape index (κ3) is 14.4. The Hall–Kier alpha value is -4.17. The minimum Gasteiger partial charge on any atom is -0.446 e. The van der Waals surface area contributed by atoms with Gasteiger partial charge in [-0.1, -0.05) is 56.3 Å². The topological polar surface area (TPSA) is 193 Å². The van der Waals surface area contributed by atoms with Crippen LogP contribution < -0.4 is 21.7 Å². The zero-order valence-corrected chi connectivity index (χ0v) is 34.4. The minimum absolute atomic E-state index is 0.173. The van der Waals surface area contributed by atoms with Gasteiger partial charge in [0.05, 0.1) is 12.0 Å². The van der Waals surface area contributed by atoms with E-state index in [2.05, 4.69) is 16.0 Å². The number of carbonyl (C=O) groups excluding carboxylic acids is 5. The van der Waals surface area contributed by atoms with Gasteiger partial charge >= 0.3 is 12.2 Å². The fraction of sp³-hybridized carbons (Fsp3) is 0.683. The fourth-order valence-corrected chi connectivity index (χ4v) is 7.55. The number of piperidine rings is 1. The summed E-state index contributed by atoms with van der Waals surface area (Å²) in [5, 5.41) is 20.2. The maximum atomic E-state index is 14.3. The van der Waals surface area contributed by atoms with Crippen LogP contribution in [0.4, 0.5) is 9.59 Å². The highest BCUT2D eigenvalue weighted by Crippen LogP contribution is 2.38. The summed E-state index contributed by atoms with van der Waals surface area (Å²) in [6.45, 7) is 17.6. The van der Waals surface area contributed by atoms with Crippen LogP contribution in [0.1, 0.15) is 113 Å². The maximum Gasteiger partial charge on any atom is 0.408 e. The van der Waals surface area contributed by atoms with Gasteiger partial charge in [0.1, 0.15) is 23.8 Å². The van der Waals surface area contributed by atoms with Crippen molar-refractivity contribution in [2.75, 3.05) is 13.1 Å². The number of nitrogens with zero attached hydrogens (tertiary/aromatic N) is 2. The molecular formula is C41H66N6O8. The van der Waals surface area contributed by atoms with Crippen LogP contribution in [0.3, 0.4) is 0 Å². The molecule has 5 amide bonds. The molecule has 6 N–H and O–H groups in total. The van der Waals surface area contributed by atoms with E-state index in [0.29, 0.717) is 51.5 Å². The summed E-state index contributed by atoms with van der Waals surface area (Å²) in [5.41, 5.74) is 4.82. The van der Waals surface area contributed by atoms with Crippen molar-refractivity contribution >= 4 is 29.9 Å². The van der Waals surface area contributed by atoms with Crippen molar-refractivity contribution in [1.82, 2.24) is 25.9 Å². The normalized spacial score (nSPS) is 20.4.